The Morgan fingerprint density at radius 1 is 1.31 bits per heavy atom. The average molecular weight is 346 g/mol. The molecule has 0 fully saturated rings. The highest BCUT2D eigenvalue weighted by Crippen LogP contribution is 2.32. The minimum Gasteiger partial charge on any atom is -0.366 e. The van der Waals surface area contributed by atoms with E-state index < -0.39 is 5.91 Å². The first-order valence-corrected chi connectivity index (χ1v) is 8.81. The summed E-state index contributed by atoms with van der Waals surface area (Å²) in [4.78, 5) is 18.2. The highest BCUT2D eigenvalue weighted by molar-refractivity contribution is 6.00. The van der Waals surface area contributed by atoms with E-state index in [0.29, 0.717) is 5.56 Å². The highest BCUT2D eigenvalue weighted by atomic mass is 16.1. The molecule has 5 heteroatoms. The maximum atomic E-state index is 11.7. The Morgan fingerprint density at radius 3 is 2.88 bits per heavy atom. The lowest BCUT2D eigenvalue weighted by Gasteiger charge is -2.21. The zero-order chi connectivity index (χ0) is 18.1. The van der Waals surface area contributed by atoms with E-state index in [1.807, 2.05) is 24.4 Å². The van der Waals surface area contributed by atoms with Crippen LogP contribution in [0.25, 0.3) is 16.5 Å². The van der Waals surface area contributed by atoms with Crippen molar-refractivity contribution in [3.05, 3.63) is 71.7 Å². The van der Waals surface area contributed by atoms with Crippen molar-refractivity contribution in [2.24, 2.45) is 5.73 Å². The van der Waals surface area contributed by atoms with Gasteiger partial charge in [0, 0.05) is 60.3 Å². The number of likely N-dealkylation sites (N-methyl/N-ethyl adjacent to an activating group) is 1. The second kappa shape index (κ2) is 6.77. The Kier molecular flexibility index (Phi) is 4.31. The topological polar surface area (TPSA) is 64.2 Å². The summed E-state index contributed by atoms with van der Waals surface area (Å²) in [5.74, 6) is -0.393. The van der Waals surface area contributed by atoms with E-state index in [9.17, 15) is 4.79 Å². The van der Waals surface area contributed by atoms with Crippen LogP contribution in [-0.4, -0.2) is 40.5 Å². The van der Waals surface area contributed by atoms with Crippen LogP contribution in [0.5, 0.6) is 0 Å². The summed E-state index contributed by atoms with van der Waals surface area (Å²) in [5, 5.41) is 1.08. The van der Waals surface area contributed by atoms with Gasteiger partial charge in [-0.05, 0) is 48.9 Å². The zero-order valence-electron chi connectivity index (χ0n) is 14.9. The van der Waals surface area contributed by atoms with Crippen molar-refractivity contribution in [3.8, 4) is 0 Å². The fraction of sp³-hybridized carbons (Fsp3) is 0.238. The first-order chi connectivity index (χ1) is 12.6. The van der Waals surface area contributed by atoms with E-state index in [4.69, 9.17) is 5.73 Å². The van der Waals surface area contributed by atoms with E-state index in [1.165, 1.54) is 11.1 Å². The molecule has 2 aromatic heterocycles. The predicted octanol–water partition coefficient (Wildman–Crippen LogP) is 2.90. The molecule has 1 aliphatic heterocycles. The van der Waals surface area contributed by atoms with Gasteiger partial charge in [-0.2, -0.15) is 0 Å². The fourth-order valence-electron chi connectivity index (χ4n) is 3.54. The van der Waals surface area contributed by atoms with Crippen molar-refractivity contribution in [1.82, 2.24) is 14.5 Å². The molecule has 1 aromatic carbocycles. The molecule has 0 radical (unpaired) electrons. The Balaban J connectivity index is 1.84. The lowest BCUT2D eigenvalue weighted by molar-refractivity contribution is 0.100. The number of nitrogens with zero attached hydrogens (tertiary/aromatic N) is 3. The van der Waals surface area contributed by atoms with Crippen LogP contribution < -0.4 is 5.73 Å². The molecule has 0 bridgehead atoms. The largest absolute Gasteiger partial charge is 0.366 e. The third-order valence-electron chi connectivity index (χ3n) is 5.00. The Hall–Kier alpha value is -2.92. The van der Waals surface area contributed by atoms with Gasteiger partial charge >= 0.3 is 0 Å². The van der Waals surface area contributed by atoms with Crippen molar-refractivity contribution >= 4 is 22.4 Å². The standard InChI is InChI=1S/C21H22N4O/c1-24-9-6-16(7-10-24)19-14-25(13-15-3-2-8-23-12-15)20-5-4-17(21(22)26)11-18(19)20/h2-6,8,11-12,14H,7,9-10,13H2,1H3,(H2,22,26). The highest BCUT2D eigenvalue weighted by Gasteiger charge is 2.17. The van der Waals surface area contributed by atoms with E-state index in [-0.39, 0.29) is 0 Å². The van der Waals surface area contributed by atoms with E-state index in [0.717, 1.165) is 42.5 Å². The van der Waals surface area contributed by atoms with Crippen molar-refractivity contribution < 1.29 is 4.79 Å². The normalized spacial score (nSPS) is 15.2. The van der Waals surface area contributed by atoms with Crippen LogP contribution in [0.3, 0.4) is 0 Å². The predicted molar refractivity (Wildman–Crippen MR) is 104 cm³/mol. The molecule has 0 saturated carbocycles. The Bertz CT molecular complexity index is 988. The molecule has 3 heterocycles. The van der Waals surface area contributed by atoms with Crippen molar-refractivity contribution in [2.75, 3.05) is 20.1 Å². The van der Waals surface area contributed by atoms with Gasteiger partial charge in [-0.1, -0.05) is 12.1 Å². The summed E-state index contributed by atoms with van der Waals surface area (Å²) in [6, 6.07) is 9.74. The van der Waals surface area contributed by atoms with Gasteiger partial charge in [0.2, 0.25) is 5.91 Å². The van der Waals surface area contributed by atoms with Gasteiger partial charge in [0.15, 0.2) is 0 Å². The molecule has 132 valence electrons. The van der Waals surface area contributed by atoms with Gasteiger partial charge in [0.1, 0.15) is 0 Å². The van der Waals surface area contributed by atoms with Crippen LogP contribution in [0, 0.1) is 0 Å². The molecule has 0 atom stereocenters. The second-order valence-corrected chi connectivity index (χ2v) is 6.87. The number of amides is 1. The molecule has 3 aromatic rings. The maximum Gasteiger partial charge on any atom is 0.248 e. The molecular weight excluding hydrogens is 324 g/mol. The minimum absolute atomic E-state index is 0.393. The molecule has 0 saturated heterocycles. The molecule has 1 amide bonds. The maximum absolute atomic E-state index is 11.7. The van der Waals surface area contributed by atoms with Gasteiger partial charge in [0.05, 0.1) is 0 Å². The van der Waals surface area contributed by atoms with Crippen molar-refractivity contribution in [2.45, 2.75) is 13.0 Å². The van der Waals surface area contributed by atoms with Crippen LogP contribution in [-0.2, 0) is 6.54 Å². The quantitative estimate of drug-likeness (QED) is 0.790. The third-order valence-corrected chi connectivity index (χ3v) is 5.00. The van der Waals surface area contributed by atoms with Crippen LogP contribution in [0.4, 0.5) is 0 Å². The SMILES string of the molecule is CN1CC=C(c2cn(Cc3cccnc3)c3ccc(C(N)=O)cc23)CC1. The summed E-state index contributed by atoms with van der Waals surface area (Å²) in [5.41, 5.74) is 10.8. The summed E-state index contributed by atoms with van der Waals surface area (Å²) in [6.45, 7) is 2.73. The number of aromatic nitrogens is 2. The summed E-state index contributed by atoms with van der Waals surface area (Å²) >= 11 is 0. The summed E-state index contributed by atoms with van der Waals surface area (Å²) < 4.78 is 2.23. The third kappa shape index (κ3) is 3.13. The van der Waals surface area contributed by atoms with Gasteiger partial charge in [-0.25, -0.2) is 0 Å². The molecule has 0 unspecified atom stereocenters. The van der Waals surface area contributed by atoms with Crippen molar-refractivity contribution in [1.29, 1.82) is 0 Å². The first-order valence-electron chi connectivity index (χ1n) is 8.81. The number of fused-ring (bicyclic) bond motifs is 1. The first kappa shape index (κ1) is 16.5. The number of rotatable bonds is 4. The Labute approximate surface area is 152 Å². The van der Waals surface area contributed by atoms with E-state index >= 15 is 0 Å². The minimum atomic E-state index is -0.393. The molecule has 2 N–H and O–H groups in total. The number of nitrogens with two attached hydrogens (primary N) is 1. The van der Waals surface area contributed by atoms with Crippen molar-refractivity contribution in [3.63, 3.8) is 0 Å². The number of pyridine rings is 1. The lowest BCUT2D eigenvalue weighted by atomic mass is 9.98. The number of primary amides is 1. The van der Waals surface area contributed by atoms with E-state index in [2.05, 4.69) is 39.8 Å². The molecule has 5 nitrogen and oxygen atoms in total. The lowest BCUT2D eigenvalue weighted by Crippen LogP contribution is -2.23. The molecule has 26 heavy (non-hydrogen) atoms. The number of hydrogen-bond donors (Lipinski definition) is 1. The van der Waals surface area contributed by atoms with Crippen LogP contribution in [0.2, 0.25) is 0 Å². The number of carbonyl (C=O) groups is 1. The fourth-order valence-corrected chi connectivity index (χ4v) is 3.54. The van der Waals surface area contributed by atoms with Gasteiger partial charge < -0.3 is 15.2 Å². The van der Waals surface area contributed by atoms with Crippen LogP contribution >= 0.6 is 0 Å². The molecule has 4 rings (SSSR count). The number of benzene rings is 1. The smallest absolute Gasteiger partial charge is 0.248 e. The molecular formula is C21H22N4O. The zero-order valence-corrected chi connectivity index (χ0v) is 14.9. The summed E-state index contributed by atoms with van der Waals surface area (Å²) in [7, 11) is 2.13. The monoisotopic (exact) mass is 346 g/mol. The average Bonchev–Trinajstić information content (AvgIpc) is 3.01. The second-order valence-electron chi connectivity index (χ2n) is 6.87. The molecule has 1 aliphatic rings. The van der Waals surface area contributed by atoms with Gasteiger partial charge in [-0.3, -0.25) is 9.78 Å². The van der Waals surface area contributed by atoms with Gasteiger partial charge in [0.25, 0.3) is 0 Å². The number of carbonyl (C=O) groups excluding carboxylic acids is 1. The molecule has 0 aliphatic carbocycles. The van der Waals surface area contributed by atoms with Crippen LogP contribution in [0.15, 0.2) is 55.0 Å². The Morgan fingerprint density at radius 2 is 2.19 bits per heavy atom. The van der Waals surface area contributed by atoms with E-state index in [1.54, 1.807) is 12.3 Å². The number of hydrogen-bond acceptors (Lipinski definition) is 3. The van der Waals surface area contributed by atoms with Gasteiger partial charge in [-0.15, -0.1) is 0 Å². The summed E-state index contributed by atoms with van der Waals surface area (Å²) in [6.07, 6.45) is 9.15. The molecule has 0 spiro atoms. The van der Waals surface area contributed by atoms with Crippen LogP contribution in [0.1, 0.15) is 27.9 Å².